The Hall–Kier alpha value is -3.52. The fourth-order valence-electron chi connectivity index (χ4n) is 4.90. The maximum Gasteiger partial charge on any atom is 0.410 e. The van der Waals surface area contributed by atoms with E-state index in [9.17, 15) is 9.59 Å². The SMILES string of the molecule is Nc1ccc2c(c1)/C(=C1\CCN(C(=O)OCc3ccccc3)CCN1)C(=O)N2C1CCOCC1. The van der Waals surface area contributed by atoms with E-state index in [4.69, 9.17) is 15.2 Å². The second-order valence-electron chi connectivity index (χ2n) is 8.85. The highest BCUT2D eigenvalue weighted by Gasteiger charge is 2.39. The minimum atomic E-state index is -0.344. The third kappa shape index (κ3) is 4.46. The van der Waals surface area contributed by atoms with Gasteiger partial charge in [-0.05, 0) is 36.6 Å². The van der Waals surface area contributed by atoms with Crippen molar-refractivity contribution in [3.63, 3.8) is 0 Å². The van der Waals surface area contributed by atoms with Gasteiger partial charge in [0.2, 0.25) is 0 Å². The number of benzene rings is 2. The summed E-state index contributed by atoms with van der Waals surface area (Å²) in [5, 5.41) is 3.41. The Balaban J connectivity index is 1.35. The molecule has 5 rings (SSSR count). The molecule has 8 nitrogen and oxygen atoms in total. The molecule has 2 amide bonds. The van der Waals surface area contributed by atoms with Crippen LogP contribution >= 0.6 is 0 Å². The molecule has 3 heterocycles. The first-order valence-corrected chi connectivity index (χ1v) is 11.9. The summed E-state index contributed by atoms with van der Waals surface area (Å²) in [6, 6.07) is 15.4. The van der Waals surface area contributed by atoms with Crippen LogP contribution in [0, 0.1) is 0 Å². The fourth-order valence-corrected chi connectivity index (χ4v) is 4.90. The molecule has 0 aliphatic carbocycles. The van der Waals surface area contributed by atoms with Gasteiger partial charge < -0.3 is 30.3 Å². The van der Waals surface area contributed by atoms with E-state index in [1.807, 2.05) is 53.4 Å². The van der Waals surface area contributed by atoms with Crippen molar-refractivity contribution < 1.29 is 19.1 Å². The summed E-state index contributed by atoms with van der Waals surface area (Å²) in [7, 11) is 0. The lowest BCUT2D eigenvalue weighted by atomic mass is 10.0. The lowest BCUT2D eigenvalue weighted by Gasteiger charge is -2.31. The Kier molecular flexibility index (Phi) is 6.40. The molecule has 178 valence electrons. The molecule has 0 bridgehead atoms. The molecule has 0 atom stereocenters. The first-order valence-electron chi connectivity index (χ1n) is 11.9. The van der Waals surface area contributed by atoms with Crippen molar-refractivity contribution in [3.05, 3.63) is 65.4 Å². The molecule has 2 fully saturated rings. The van der Waals surface area contributed by atoms with E-state index >= 15 is 0 Å². The average Bonchev–Trinajstić information content (AvgIpc) is 3.00. The van der Waals surface area contributed by atoms with E-state index in [1.165, 1.54) is 0 Å². The van der Waals surface area contributed by atoms with Gasteiger partial charge in [-0.3, -0.25) is 4.79 Å². The highest BCUT2D eigenvalue weighted by Crippen LogP contribution is 2.42. The summed E-state index contributed by atoms with van der Waals surface area (Å²) < 4.78 is 11.0. The van der Waals surface area contributed by atoms with Crippen LogP contribution in [-0.4, -0.2) is 55.8 Å². The average molecular weight is 463 g/mol. The molecule has 2 saturated heterocycles. The molecule has 0 spiro atoms. The summed E-state index contributed by atoms with van der Waals surface area (Å²) in [6.07, 6.45) is 1.82. The summed E-state index contributed by atoms with van der Waals surface area (Å²) in [4.78, 5) is 30.0. The fraction of sp³-hybridized carbons (Fsp3) is 0.385. The van der Waals surface area contributed by atoms with Crippen LogP contribution in [0.4, 0.5) is 16.2 Å². The predicted molar refractivity (Wildman–Crippen MR) is 130 cm³/mol. The molecule has 0 radical (unpaired) electrons. The van der Waals surface area contributed by atoms with Crippen molar-refractivity contribution in [2.75, 3.05) is 43.5 Å². The number of ether oxygens (including phenoxy) is 2. The van der Waals surface area contributed by atoms with Crippen molar-refractivity contribution in [2.45, 2.75) is 31.9 Å². The van der Waals surface area contributed by atoms with E-state index in [2.05, 4.69) is 5.32 Å². The number of carbonyl (C=O) groups excluding carboxylic acids is 2. The number of carbonyl (C=O) groups is 2. The Morgan fingerprint density at radius 1 is 1.12 bits per heavy atom. The van der Waals surface area contributed by atoms with Gasteiger partial charge >= 0.3 is 6.09 Å². The molecule has 2 aromatic rings. The van der Waals surface area contributed by atoms with Crippen molar-refractivity contribution in [2.24, 2.45) is 0 Å². The van der Waals surface area contributed by atoms with Gasteiger partial charge in [-0.2, -0.15) is 0 Å². The third-order valence-corrected chi connectivity index (χ3v) is 6.66. The van der Waals surface area contributed by atoms with E-state index < -0.39 is 0 Å². The Labute approximate surface area is 199 Å². The Bertz CT molecular complexity index is 1100. The molecule has 0 saturated carbocycles. The maximum atomic E-state index is 13.7. The molecule has 3 aliphatic heterocycles. The highest BCUT2D eigenvalue weighted by atomic mass is 16.6. The Morgan fingerprint density at radius 3 is 2.71 bits per heavy atom. The molecule has 8 heteroatoms. The number of nitrogen functional groups attached to an aromatic ring is 1. The van der Waals surface area contributed by atoms with Crippen LogP contribution in [0.5, 0.6) is 0 Å². The molecule has 3 N–H and O–H groups in total. The second kappa shape index (κ2) is 9.77. The number of nitrogens with two attached hydrogens (primary N) is 1. The predicted octanol–water partition coefficient (Wildman–Crippen LogP) is 3.14. The first kappa shape index (κ1) is 22.3. The van der Waals surface area contributed by atoms with Crippen LogP contribution in [0.1, 0.15) is 30.4 Å². The summed E-state index contributed by atoms with van der Waals surface area (Å²) in [5.41, 5.74) is 11.0. The van der Waals surface area contributed by atoms with Crippen LogP contribution in [-0.2, 0) is 20.9 Å². The van der Waals surface area contributed by atoms with Crippen LogP contribution in [0.2, 0.25) is 0 Å². The number of fused-ring (bicyclic) bond motifs is 1. The van der Waals surface area contributed by atoms with Crippen LogP contribution in [0.3, 0.4) is 0 Å². The summed E-state index contributed by atoms with van der Waals surface area (Å²) in [5.74, 6) is -0.00453. The number of amides is 2. The maximum absolute atomic E-state index is 13.7. The van der Waals surface area contributed by atoms with Crippen molar-refractivity contribution in [1.29, 1.82) is 0 Å². The van der Waals surface area contributed by atoms with Gasteiger partial charge in [0, 0.05) is 62.3 Å². The van der Waals surface area contributed by atoms with Crippen LogP contribution in [0.25, 0.3) is 5.57 Å². The summed E-state index contributed by atoms with van der Waals surface area (Å²) >= 11 is 0. The van der Waals surface area contributed by atoms with E-state index in [0.717, 1.165) is 35.4 Å². The largest absolute Gasteiger partial charge is 0.445 e. The van der Waals surface area contributed by atoms with Crippen molar-refractivity contribution in [3.8, 4) is 0 Å². The standard InChI is InChI=1S/C26H30N4O4/c27-19-6-7-23-21(16-19)24(25(31)30(23)20-9-14-33-15-10-20)22-8-12-29(13-11-28-22)26(32)34-17-18-4-2-1-3-5-18/h1-7,16,20,28H,8-15,17,27H2/b24-22-. The topological polar surface area (TPSA) is 97.1 Å². The lowest BCUT2D eigenvalue weighted by Crippen LogP contribution is -2.41. The molecule has 0 unspecified atom stereocenters. The van der Waals surface area contributed by atoms with Gasteiger partial charge in [-0.1, -0.05) is 30.3 Å². The molecular formula is C26H30N4O4. The van der Waals surface area contributed by atoms with Crippen molar-refractivity contribution >= 4 is 28.9 Å². The van der Waals surface area contributed by atoms with Crippen LogP contribution < -0.4 is 16.0 Å². The molecule has 34 heavy (non-hydrogen) atoms. The number of rotatable bonds is 3. The normalized spacial score (nSPS) is 21.1. The van der Waals surface area contributed by atoms with Gasteiger partial charge in [-0.25, -0.2) is 4.79 Å². The first-order chi connectivity index (χ1) is 16.6. The quantitative estimate of drug-likeness (QED) is 0.537. The molecule has 3 aliphatic rings. The lowest BCUT2D eigenvalue weighted by molar-refractivity contribution is -0.113. The van der Waals surface area contributed by atoms with E-state index in [0.29, 0.717) is 50.5 Å². The van der Waals surface area contributed by atoms with E-state index in [-0.39, 0.29) is 24.6 Å². The van der Waals surface area contributed by atoms with E-state index in [1.54, 1.807) is 4.90 Å². The molecule has 0 aromatic heterocycles. The van der Waals surface area contributed by atoms with Gasteiger partial charge in [0.05, 0.1) is 11.3 Å². The number of nitrogens with zero attached hydrogens (tertiary/aromatic N) is 2. The third-order valence-electron chi connectivity index (χ3n) is 6.66. The van der Waals surface area contributed by atoms with Gasteiger partial charge in [0.25, 0.3) is 5.91 Å². The zero-order valence-electron chi connectivity index (χ0n) is 19.2. The Morgan fingerprint density at radius 2 is 1.91 bits per heavy atom. The summed E-state index contributed by atoms with van der Waals surface area (Å²) in [6.45, 7) is 3.07. The number of anilines is 2. The smallest absolute Gasteiger partial charge is 0.410 e. The molecule has 2 aromatic carbocycles. The van der Waals surface area contributed by atoms with Gasteiger partial charge in [-0.15, -0.1) is 0 Å². The minimum Gasteiger partial charge on any atom is -0.445 e. The number of nitrogens with one attached hydrogen (secondary N) is 1. The number of hydrogen-bond acceptors (Lipinski definition) is 6. The second-order valence-corrected chi connectivity index (χ2v) is 8.85. The van der Waals surface area contributed by atoms with Crippen LogP contribution in [0.15, 0.2) is 54.2 Å². The zero-order chi connectivity index (χ0) is 23.5. The van der Waals surface area contributed by atoms with Gasteiger partial charge in [0.15, 0.2) is 0 Å². The monoisotopic (exact) mass is 462 g/mol. The highest BCUT2D eigenvalue weighted by molar-refractivity contribution is 6.33. The van der Waals surface area contributed by atoms with Gasteiger partial charge in [0.1, 0.15) is 6.61 Å². The van der Waals surface area contributed by atoms with Crippen molar-refractivity contribution in [1.82, 2.24) is 10.2 Å². The zero-order valence-corrected chi connectivity index (χ0v) is 19.2. The minimum absolute atomic E-state index is 0.00453. The number of hydrogen-bond donors (Lipinski definition) is 2. The molecular weight excluding hydrogens is 432 g/mol.